The molecule has 16 heavy (non-hydrogen) atoms. The SMILES string of the molecule is C#CC1CC(=O)N(c2cnc(Br)cc2C)C1. The molecule has 0 spiro atoms. The quantitative estimate of drug-likeness (QED) is 0.583. The van der Waals surface area contributed by atoms with Gasteiger partial charge in [-0.15, -0.1) is 12.3 Å². The lowest BCUT2D eigenvalue weighted by atomic mass is 10.1. The highest BCUT2D eigenvalue weighted by Crippen LogP contribution is 2.28. The topological polar surface area (TPSA) is 33.2 Å². The van der Waals surface area contributed by atoms with E-state index in [-0.39, 0.29) is 11.8 Å². The molecule has 0 aromatic carbocycles. The lowest BCUT2D eigenvalue weighted by Crippen LogP contribution is -2.25. The summed E-state index contributed by atoms with van der Waals surface area (Å²) in [5.74, 6) is 2.74. The number of carbonyl (C=O) groups excluding carboxylic acids is 1. The Hall–Kier alpha value is -1.34. The standard InChI is InChI=1S/C12H11BrN2O/c1-3-9-5-12(16)15(7-9)10-6-14-11(13)4-8(10)2/h1,4,6,9H,5,7H2,2H3. The van der Waals surface area contributed by atoms with E-state index in [1.807, 2.05) is 13.0 Å². The molecule has 4 heteroatoms. The summed E-state index contributed by atoms with van der Waals surface area (Å²) in [6.07, 6.45) is 7.49. The lowest BCUT2D eigenvalue weighted by Gasteiger charge is -2.17. The summed E-state index contributed by atoms with van der Waals surface area (Å²) in [5, 5.41) is 0. The lowest BCUT2D eigenvalue weighted by molar-refractivity contribution is -0.117. The monoisotopic (exact) mass is 278 g/mol. The Morgan fingerprint density at radius 1 is 1.69 bits per heavy atom. The number of pyridine rings is 1. The van der Waals surface area contributed by atoms with Crippen molar-refractivity contribution in [3.05, 3.63) is 22.4 Å². The van der Waals surface area contributed by atoms with E-state index in [4.69, 9.17) is 6.42 Å². The Balaban J connectivity index is 2.32. The largest absolute Gasteiger partial charge is 0.309 e. The summed E-state index contributed by atoms with van der Waals surface area (Å²) in [4.78, 5) is 17.6. The zero-order valence-corrected chi connectivity index (χ0v) is 10.5. The van der Waals surface area contributed by atoms with Crippen molar-refractivity contribution in [3.8, 4) is 12.3 Å². The Kier molecular flexibility index (Phi) is 2.97. The maximum atomic E-state index is 11.8. The summed E-state index contributed by atoms with van der Waals surface area (Å²) in [6.45, 7) is 2.55. The summed E-state index contributed by atoms with van der Waals surface area (Å²) >= 11 is 3.30. The van der Waals surface area contributed by atoms with Crippen LogP contribution in [-0.4, -0.2) is 17.4 Å². The number of rotatable bonds is 1. The van der Waals surface area contributed by atoms with Gasteiger partial charge >= 0.3 is 0 Å². The van der Waals surface area contributed by atoms with Crippen LogP contribution in [-0.2, 0) is 4.79 Å². The highest BCUT2D eigenvalue weighted by molar-refractivity contribution is 9.10. The molecule has 1 amide bonds. The van der Waals surface area contributed by atoms with E-state index in [1.165, 1.54) is 0 Å². The minimum Gasteiger partial charge on any atom is -0.309 e. The molecule has 3 nitrogen and oxygen atoms in total. The Morgan fingerprint density at radius 2 is 2.44 bits per heavy atom. The average molecular weight is 279 g/mol. The van der Waals surface area contributed by atoms with Crippen molar-refractivity contribution in [1.29, 1.82) is 0 Å². The molecule has 1 atom stereocenters. The predicted octanol–water partition coefficient (Wildman–Crippen LogP) is 2.14. The second kappa shape index (κ2) is 4.26. The van der Waals surface area contributed by atoms with Crippen LogP contribution in [0.15, 0.2) is 16.9 Å². The van der Waals surface area contributed by atoms with Crippen LogP contribution < -0.4 is 4.90 Å². The van der Waals surface area contributed by atoms with Gasteiger partial charge in [-0.3, -0.25) is 4.79 Å². The molecular formula is C12H11BrN2O. The third kappa shape index (κ3) is 1.96. The highest BCUT2D eigenvalue weighted by Gasteiger charge is 2.30. The van der Waals surface area contributed by atoms with Gasteiger partial charge in [0.15, 0.2) is 0 Å². The number of nitrogens with zero attached hydrogens (tertiary/aromatic N) is 2. The molecule has 1 saturated heterocycles. The number of amides is 1. The van der Waals surface area contributed by atoms with Crippen molar-refractivity contribution in [2.75, 3.05) is 11.4 Å². The fraction of sp³-hybridized carbons (Fsp3) is 0.333. The summed E-state index contributed by atoms with van der Waals surface area (Å²) in [7, 11) is 0. The van der Waals surface area contributed by atoms with E-state index >= 15 is 0 Å². The number of carbonyl (C=O) groups is 1. The number of hydrogen-bond donors (Lipinski definition) is 0. The number of aryl methyl sites for hydroxylation is 1. The Bertz CT molecular complexity index is 478. The van der Waals surface area contributed by atoms with Crippen LogP contribution in [0.25, 0.3) is 0 Å². The number of terminal acetylenes is 1. The highest BCUT2D eigenvalue weighted by atomic mass is 79.9. The molecular weight excluding hydrogens is 268 g/mol. The van der Waals surface area contributed by atoms with Crippen LogP contribution in [0.3, 0.4) is 0 Å². The molecule has 1 aromatic rings. The van der Waals surface area contributed by atoms with Gasteiger partial charge in [0.05, 0.1) is 11.9 Å². The molecule has 0 radical (unpaired) electrons. The summed E-state index contributed by atoms with van der Waals surface area (Å²) in [5.41, 5.74) is 1.87. The molecule has 0 aliphatic carbocycles. The normalized spacial score (nSPS) is 19.9. The van der Waals surface area contributed by atoms with E-state index in [9.17, 15) is 4.79 Å². The van der Waals surface area contributed by atoms with Crippen molar-refractivity contribution in [1.82, 2.24) is 4.98 Å². The van der Waals surface area contributed by atoms with Crippen LogP contribution >= 0.6 is 15.9 Å². The minimum absolute atomic E-state index is 0.0237. The molecule has 1 fully saturated rings. The smallest absolute Gasteiger partial charge is 0.228 e. The fourth-order valence-electron chi connectivity index (χ4n) is 1.85. The van der Waals surface area contributed by atoms with E-state index in [0.717, 1.165) is 15.9 Å². The van der Waals surface area contributed by atoms with E-state index in [1.54, 1.807) is 11.1 Å². The molecule has 2 rings (SSSR count). The van der Waals surface area contributed by atoms with Gasteiger partial charge in [-0.2, -0.15) is 0 Å². The molecule has 1 aromatic heterocycles. The van der Waals surface area contributed by atoms with Crippen molar-refractivity contribution in [2.24, 2.45) is 5.92 Å². The zero-order chi connectivity index (χ0) is 11.7. The number of halogens is 1. The zero-order valence-electron chi connectivity index (χ0n) is 8.90. The van der Waals surface area contributed by atoms with Gasteiger partial charge < -0.3 is 4.90 Å². The Morgan fingerprint density at radius 3 is 3.00 bits per heavy atom. The summed E-state index contributed by atoms with van der Waals surface area (Å²) < 4.78 is 0.772. The Labute approximate surface area is 103 Å². The van der Waals surface area contributed by atoms with Crippen LogP contribution in [0.5, 0.6) is 0 Å². The van der Waals surface area contributed by atoms with Crippen molar-refractivity contribution in [2.45, 2.75) is 13.3 Å². The average Bonchev–Trinajstić information content (AvgIpc) is 2.60. The minimum atomic E-state index is 0.0237. The first-order valence-corrected chi connectivity index (χ1v) is 5.79. The maximum Gasteiger partial charge on any atom is 0.228 e. The van der Waals surface area contributed by atoms with Gasteiger partial charge in [0, 0.05) is 18.9 Å². The molecule has 0 N–H and O–H groups in total. The predicted molar refractivity (Wildman–Crippen MR) is 66.0 cm³/mol. The molecule has 2 heterocycles. The third-order valence-corrected chi connectivity index (χ3v) is 3.14. The van der Waals surface area contributed by atoms with Crippen molar-refractivity contribution < 1.29 is 4.79 Å². The first kappa shape index (κ1) is 11.2. The number of anilines is 1. The van der Waals surface area contributed by atoms with Crippen LogP contribution in [0, 0.1) is 25.2 Å². The molecule has 1 aliphatic heterocycles. The first-order chi connectivity index (χ1) is 7.61. The van der Waals surface area contributed by atoms with Gasteiger partial charge in [0.2, 0.25) is 5.91 Å². The van der Waals surface area contributed by atoms with Crippen LogP contribution in [0.2, 0.25) is 0 Å². The second-order valence-electron chi connectivity index (χ2n) is 3.87. The van der Waals surface area contributed by atoms with Crippen molar-refractivity contribution >= 4 is 27.5 Å². The van der Waals surface area contributed by atoms with E-state index in [2.05, 4.69) is 26.8 Å². The third-order valence-electron chi connectivity index (χ3n) is 2.70. The fourth-order valence-corrected chi connectivity index (χ4v) is 2.29. The van der Waals surface area contributed by atoms with Gasteiger partial charge in [-0.25, -0.2) is 4.98 Å². The number of hydrogen-bond acceptors (Lipinski definition) is 2. The van der Waals surface area contributed by atoms with Crippen LogP contribution in [0.1, 0.15) is 12.0 Å². The van der Waals surface area contributed by atoms with Gasteiger partial charge in [-0.1, -0.05) is 0 Å². The second-order valence-corrected chi connectivity index (χ2v) is 4.68. The van der Waals surface area contributed by atoms with Gasteiger partial charge in [-0.05, 0) is 34.5 Å². The first-order valence-electron chi connectivity index (χ1n) is 5.00. The molecule has 82 valence electrons. The maximum absolute atomic E-state index is 11.8. The molecule has 0 bridgehead atoms. The van der Waals surface area contributed by atoms with Gasteiger partial charge in [0.25, 0.3) is 0 Å². The van der Waals surface area contributed by atoms with Crippen molar-refractivity contribution in [3.63, 3.8) is 0 Å². The molecule has 1 unspecified atom stereocenters. The van der Waals surface area contributed by atoms with E-state index in [0.29, 0.717) is 13.0 Å². The van der Waals surface area contributed by atoms with Crippen LogP contribution in [0.4, 0.5) is 5.69 Å². The molecule has 0 saturated carbocycles. The number of aromatic nitrogens is 1. The van der Waals surface area contributed by atoms with Gasteiger partial charge in [0.1, 0.15) is 4.60 Å². The summed E-state index contributed by atoms with van der Waals surface area (Å²) in [6, 6.07) is 1.89. The molecule has 1 aliphatic rings. The van der Waals surface area contributed by atoms with E-state index < -0.39 is 0 Å².